The molecule has 1 saturated carbocycles. The van der Waals surface area contributed by atoms with Crippen molar-refractivity contribution in [2.45, 2.75) is 45.0 Å². The minimum absolute atomic E-state index is 0.420. The Morgan fingerprint density at radius 1 is 1.24 bits per heavy atom. The van der Waals surface area contributed by atoms with Crippen molar-refractivity contribution in [3.63, 3.8) is 0 Å². The lowest BCUT2D eigenvalue weighted by molar-refractivity contribution is 0.490. The summed E-state index contributed by atoms with van der Waals surface area (Å²) in [6, 6.07) is 6.70. The molecule has 1 nitrogen and oxygen atoms in total. The smallest absolute Gasteiger partial charge is 0.0339 e. The van der Waals surface area contributed by atoms with E-state index in [9.17, 15) is 0 Å². The Kier molecular flexibility index (Phi) is 4.47. The van der Waals surface area contributed by atoms with Crippen LogP contribution in [-0.2, 0) is 6.54 Å². The molecule has 1 aliphatic rings. The summed E-state index contributed by atoms with van der Waals surface area (Å²) >= 11 is 6.11. The summed E-state index contributed by atoms with van der Waals surface area (Å²) in [5.74, 6) is 0.782. The van der Waals surface area contributed by atoms with E-state index in [0.29, 0.717) is 5.38 Å². The Bertz CT molecular complexity index is 375. The third-order valence-electron chi connectivity index (χ3n) is 3.81. The summed E-state index contributed by atoms with van der Waals surface area (Å²) < 4.78 is 0. The molecule has 0 saturated heterocycles. The van der Waals surface area contributed by atoms with Gasteiger partial charge in [-0.2, -0.15) is 0 Å². The van der Waals surface area contributed by atoms with E-state index in [-0.39, 0.29) is 0 Å². The fraction of sp³-hybridized carbons (Fsp3) is 0.600. The summed E-state index contributed by atoms with van der Waals surface area (Å²) in [5.41, 5.74) is 4.13. The van der Waals surface area contributed by atoms with E-state index in [1.54, 1.807) is 0 Å². The average Bonchev–Trinajstić information content (AvgIpc) is 2.70. The lowest BCUT2D eigenvalue weighted by atomic mass is 10.1. The van der Waals surface area contributed by atoms with Gasteiger partial charge in [0, 0.05) is 11.9 Å². The van der Waals surface area contributed by atoms with E-state index in [1.165, 1.54) is 36.0 Å². The predicted octanol–water partition coefficient (Wildman–Crippen LogP) is 3.80. The number of halogens is 1. The first-order valence-electron chi connectivity index (χ1n) is 6.56. The first kappa shape index (κ1) is 12.9. The zero-order valence-corrected chi connectivity index (χ0v) is 11.6. The van der Waals surface area contributed by atoms with E-state index in [4.69, 9.17) is 11.6 Å². The fourth-order valence-electron chi connectivity index (χ4n) is 2.53. The molecule has 94 valence electrons. The lowest BCUT2D eigenvalue weighted by Crippen LogP contribution is -2.21. The molecule has 0 amide bonds. The number of aryl methyl sites for hydroxylation is 2. The van der Waals surface area contributed by atoms with E-state index >= 15 is 0 Å². The molecule has 0 radical (unpaired) electrons. The van der Waals surface area contributed by atoms with E-state index in [0.717, 1.165) is 19.0 Å². The zero-order chi connectivity index (χ0) is 12.3. The molecular formula is C15H22ClN. The highest BCUT2D eigenvalue weighted by atomic mass is 35.5. The third-order valence-corrected chi connectivity index (χ3v) is 4.21. The quantitative estimate of drug-likeness (QED) is 0.803. The molecule has 1 N–H and O–H groups in total. The largest absolute Gasteiger partial charge is 0.312 e. The summed E-state index contributed by atoms with van der Waals surface area (Å²) in [5, 5.41) is 3.97. The molecular weight excluding hydrogens is 230 g/mol. The Labute approximate surface area is 110 Å². The van der Waals surface area contributed by atoms with Gasteiger partial charge in [-0.15, -0.1) is 11.6 Å². The van der Waals surface area contributed by atoms with Crippen molar-refractivity contribution in [1.29, 1.82) is 0 Å². The Balaban J connectivity index is 1.76. The molecule has 0 aromatic heterocycles. The molecule has 1 fully saturated rings. The third kappa shape index (κ3) is 3.72. The molecule has 2 rings (SSSR count). The number of nitrogens with one attached hydrogen (secondary N) is 1. The highest BCUT2D eigenvalue weighted by molar-refractivity contribution is 6.20. The van der Waals surface area contributed by atoms with Crippen LogP contribution >= 0.6 is 11.6 Å². The lowest BCUT2D eigenvalue weighted by Gasteiger charge is -2.11. The molecule has 0 spiro atoms. The van der Waals surface area contributed by atoms with Crippen LogP contribution in [0.4, 0.5) is 0 Å². The number of alkyl halides is 1. The first-order valence-corrected chi connectivity index (χ1v) is 6.99. The number of rotatable bonds is 4. The van der Waals surface area contributed by atoms with Gasteiger partial charge in [-0.25, -0.2) is 0 Å². The van der Waals surface area contributed by atoms with Crippen LogP contribution in [0.2, 0.25) is 0 Å². The van der Waals surface area contributed by atoms with Gasteiger partial charge in [0.05, 0.1) is 0 Å². The van der Waals surface area contributed by atoms with Crippen LogP contribution in [-0.4, -0.2) is 11.9 Å². The maximum Gasteiger partial charge on any atom is 0.0339 e. The molecule has 17 heavy (non-hydrogen) atoms. The van der Waals surface area contributed by atoms with Crippen LogP contribution in [0.15, 0.2) is 18.2 Å². The van der Waals surface area contributed by atoms with Gasteiger partial charge >= 0.3 is 0 Å². The monoisotopic (exact) mass is 251 g/mol. The van der Waals surface area contributed by atoms with Crippen molar-refractivity contribution in [1.82, 2.24) is 5.32 Å². The minimum atomic E-state index is 0.420. The van der Waals surface area contributed by atoms with E-state index < -0.39 is 0 Å². The van der Waals surface area contributed by atoms with Crippen molar-refractivity contribution in [3.8, 4) is 0 Å². The molecule has 1 aromatic rings. The van der Waals surface area contributed by atoms with Gasteiger partial charge in [0.1, 0.15) is 0 Å². The second kappa shape index (κ2) is 5.88. The highest BCUT2D eigenvalue weighted by Crippen LogP contribution is 2.28. The molecule has 0 bridgehead atoms. The minimum Gasteiger partial charge on any atom is -0.312 e. The number of benzene rings is 1. The fourth-order valence-corrected chi connectivity index (χ4v) is 2.91. The molecule has 0 heterocycles. The maximum atomic E-state index is 6.11. The topological polar surface area (TPSA) is 12.0 Å². The first-order chi connectivity index (χ1) is 8.15. The van der Waals surface area contributed by atoms with Gasteiger partial charge in [-0.3, -0.25) is 0 Å². The predicted molar refractivity (Wildman–Crippen MR) is 74.6 cm³/mol. The van der Waals surface area contributed by atoms with Crippen LogP contribution in [0.5, 0.6) is 0 Å². The second-order valence-corrected chi connectivity index (χ2v) is 5.94. The van der Waals surface area contributed by atoms with Crippen LogP contribution in [0.25, 0.3) is 0 Å². The second-order valence-electron chi connectivity index (χ2n) is 5.33. The van der Waals surface area contributed by atoms with Crippen molar-refractivity contribution in [2.75, 3.05) is 6.54 Å². The van der Waals surface area contributed by atoms with Gasteiger partial charge in [0.2, 0.25) is 0 Å². The normalized spacial score (nSPS) is 24.2. The Morgan fingerprint density at radius 2 is 2.06 bits per heavy atom. The SMILES string of the molecule is Cc1ccc(CNCC2CCC(Cl)C2)cc1C. The number of hydrogen-bond donors (Lipinski definition) is 1. The van der Waals surface area contributed by atoms with E-state index in [2.05, 4.69) is 37.4 Å². The molecule has 1 aliphatic carbocycles. The van der Waals surface area contributed by atoms with Gasteiger partial charge < -0.3 is 5.32 Å². The Morgan fingerprint density at radius 3 is 2.71 bits per heavy atom. The van der Waals surface area contributed by atoms with Crippen molar-refractivity contribution < 1.29 is 0 Å². The van der Waals surface area contributed by atoms with Crippen molar-refractivity contribution in [2.24, 2.45) is 5.92 Å². The van der Waals surface area contributed by atoms with Crippen molar-refractivity contribution in [3.05, 3.63) is 34.9 Å². The van der Waals surface area contributed by atoms with Crippen LogP contribution in [0.1, 0.15) is 36.0 Å². The van der Waals surface area contributed by atoms with E-state index in [1.807, 2.05) is 0 Å². The summed E-state index contributed by atoms with van der Waals surface area (Å²) in [4.78, 5) is 0. The Hall–Kier alpha value is -0.530. The summed E-state index contributed by atoms with van der Waals surface area (Å²) in [7, 11) is 0. The summed E-state index contributed by atoms with van der Waals surface area (Å²) in [6.45, 7) is 6.42. The molecule has 2 unspecified atom stereocenters. The average molecular weight is 252 g/mol. The molecule has 2 heteroatoms. The number of hydrogen-bond acceptors (Lipinski definition) is 1. The van der Waals surface area contributed by atoms with Gasteiger partial charge in [0.15, 0.2) is 0 Å². The highest BCUT2D eigenvalue weighted by Gasteiger charge is 2.22. The van der Waals surface area contributed by atoms with Crippen LogP contribution < -0.4 is 5.32 Å². The van der Waals surface area contributed by atoms with Crippen molar-refractivity contribution >= 4 is 11.6 Å². The summed E-state index contributed by atoms with van der Waals surface area (Å²) in [6.07, 6.45) is 3.66. The molecule has 0 aliphatic heterocycles. The van der Waals surface area contributed by atoms with Gasteiger partial charge in [-0.05, 0) is 62.3 Å². The molecule has 1 aromatic carbocycles. The standard InChI is InChI=1S/C15H22ClN/c1-11-3-4-13(7-12(11)2)9-17-10-14-5-6-15(16)8-14/h3-4,7,14-15,17H,5-6,8-10H2,1-2H3. The van der Waals surface area contributed by atoms with Gasteiger partial charge in [-0.1, -0.05) is 18.2 Å². The maximum absolute atomic E-state index is 6.11. The van der Waals surface area contributed by atoms with Crippen LogP contribution in [0.3, 0.4) is 0 Å². The zero-order valence-electron chi connectivity index (χ0n) is 10.8. The van der Waals surface area contributed by atoms with Gasteiger partial charge in [0.25, 0.3) is 0 Å². The van der Waals surface area contributed by atoms with Crippen LogP contribution in [0, 0.1) is 19.8 Å². The molecule has 2 atom stereocenters.